The van der Waals surface area contributed by atoms with Crippen LogP contribution in [-0.4, -0.2) is 29.0 Å². The summed E-state index contributed by atoms with van der Waals surface area (Å²) in [6.45, 7) is 0.762. The van der Waals surface area contributed by atoms with Gasteiger partial charge in [-0.1, -0.05) is 0 Å². The first-order valence-corrected chi connectivity index (χ1v) is 7.83. The molecule has 3 rings (SSSR count). The second-order valence-corrected chi connectivity index (χ2v) is 5.60. The summed E-state index contributed by atoms with van der Waals surface area (Å²) < 4.78 is 44.2. The summed E-state index contributed by atoms with van der Waals surface area (Å²) >= 11 is 0. The van der Waals surface area contributed by atoms with E-state index in [1.807, 2.05) is 0 Å². The molecule has 26 heavy (non-hydrogen) atoms. The summed E-state index contributed by atoms with van der Waals surface area (Å²) in [4.78, 5) is 19.1. The van der Waals surface area contributed by atoms with E-state index in [0.29, 0.717) is 29.8 Å². The number of benzene rings is 1. The fourth-order valence-corrected chi connectivity index (χ4v) is 2.43. The van der Waals surface area contributed by atoms with Crippen molar-refractivity contribution in [2.75, 3.05) is 23.7 Å². The smallest absolute Gasteiger partial charge is 0.421 e. The molecule has 0 unspecified atom stereocenters. The molecule has 0 saturated carbocycles. The third-order valence-electron chi connectivity index (χ3n) is 3.71. The molecule has 1 aromatic carbocycles. The Hall–Kier alpha value is -2.88. The molecule has 10 heteroatoms. The van der Waals surface area contributed by atoms with Crippen LogP contribution in [0.4, 0.5) is 30.6 Å². The van der Waals surface area contributed by atoms with Crippen LogP contribution in [0.25, 0.3) is 0 Å². The number of cyclic esters (lactones) is 1. The molecule has 0 atom stereocenters. The van der Waals surface area contributed by atoms with Gasteiger partial charge in [0.1, 0.15) is 18.0 Å². The normalized spacial score (nSPS) is 13.3. The largest absolute Gasteiger partial charge is 0.457 e. The van der Waals surface area contributed by atoms with Crippen LogP contribution in [0, 0.1) is 0 Å². The van der Waals surface area contributed by atoms with E-state index >= 15 is 0 Å². The van der Waals surface area contributed by atoms with Crippen LogP contribution in [0.5, 0.6) is 0 Å². The van der Waals surface area contributed by atoms with Crippen LogP contribution in [-0.2, 0) is 17.5 Å². The SMILES string of the molecule is NCCCNc1nc(Nc2ccc3c(c2)COC3=O)ncc1C(F)(F)F. The van der Waals surface area contributed by atoms with Crippen molar-refractivity contribution in [1.29, 1.82) is 0 Å². The molecule has 138 valence electrons. The van der Waals surface area contributed by atoms with Gasteiger partial charge in [-0.3, -0.25) is 0 Å². The van der Waals surface area contributed by atoms with Gasteiger partial charge in [0.05, 0.1) is 5.56 Å². The van der Waals surface area contributed by atoms with Gasteiger partial charge in [-0.15, -0.1) is 0 Å². The first-order chi connectivity index (χ1) is 12.4. The third kappa shape index (κ3) is 3.85. The number of aromatic nitrogens is 2. The molecular formula is C16H16F3N5O2. The average Bonchev–Trinajstić information content (AvgIpc) is 2.95. The maximum absolute atomic E-state index is 13.1. The van der Waals surface area contributed by atoms with Gasteiger partial charge in [-0.05, 0) is 31.2 Å². The molecule has 0 amide bonds. The Balaban J connectivity index is 1.84. The van der Waals surface area contributed by atoms with Crippen molar-refractivity contribution >= 4 is 23.4 Å². The molecule has 1 aliphatic rings. The predicted octanol–water partition coefficient (Wildman–Crippen LogP) is 2.67. The minimum atomic E-state index is -4.57. The minimum absolute atomic E-state index is 0.00144. The van der Waals surface area contributed by atoms with E-state index in [2.05, 4.69) is 20.6 Å². The van der Waals surface area contributed by atoms with Crippen LogP contribution in [0.2, 0.25) is 0 Å². The molecule has 7 nitrogen and oxygen atoms in total. The lowest BCUT2D eigenvalue weighted by molar-refractivity contribution is -0.137. The highest BCUT2D eigenvalue weighted by atomic mass is 19.4. The third-order valence-corrected chi connectivity index (χ3v) is 3.71. The fraction of sp³-hybridized carbons (Fsp3) is 0.312. The lowest BCUT2D eigenvalue weighted by atomic mass is 10.1. The number of hydrogen-bond donors (Lipinski definition) is 3. The van der Waals surface area contributed by atoms with Crippen molar-refractivity contribution in [3.63, 3.8) is 0 Å². The van der Waals surface area contributed by atoms with Gasteiger partial charge in [0.2, 0.25) is 5.95 Å². The highest BCUT2D eigenvalue weighted by Crippen LogP contribution is 2.34. The Morgan fingerprint density at radius 1 is 1.31 bits per heavy atom. The quantitative estimate of drug-likeness (QED) is 0.533. The van der Waals surface area contributed by atoms with Gasteiger partial charge < -0.3 is 21.1 Å². The van der Waals surface area contributed by atoms with E-state index in [1.165, 1.54) is 0 Å². The van der Waals surface area contributed by atoms with Crippen LogP contribution < -0.4 is 16.4 Å². The number of hydrogen-bond acceptors (Lipinski definition) is 7. The summed E-state index contributed by atoms with van der Waals surface area (Å²) in [5, 5.41) is 5.48. The first-order valence-electron chi connectivity index (χ1n) is 7.83. The molecule has 2 aromatic rings. The second-order valence-electron chi connectivity index (χ2n) is 5.60. The molecule has 0 aliphatic carbocycles. The molecule has 1 aliphatic heterocycles. The van der Waals surface area contributed by atoms with Crippen LogP contribution in [0.15, 0.2) is 24.4 Å². The summed E-state index contributed by atoms with van der Waals surface area (Å²) in [5.41, 5.74) is 6.10. The Bertz CT molecular complexity index is 826. The summed E-state index contributed by atoms with van der Waals surface area (Å²) in [6.07, 6.45) is -3.35. The molecule has 0 fully saturated rings. The zero-order valence-electron chi connectivity index (χ0n) is 13.6. The number of carbonyl (C=O) groups excluding carboxylic acids is 1. The van der Waals surface area contributed by atoms with Crippen molar-refractivity contribution in [1.82, 2.24) is 9.97 Å². The van der Waals surface area contributed by atoms with Crippen molar-refractivity contribution in [3.05, 3.63) is 41.1 Å². The Labute approximate surface area is 146 Å². The van der Waals surface area contributed by atoms with Gasteiger partial charge in [0, 0.05) is 24.0 Å². The molecular weight excluding hydrogens is 351 g/mol. The van der Waals surface area contributed by atoms with E-state index in [4.69, 9.17) is 10.5 Å². The number of nitrogens with zero attached hydrogens (tertiary/aromatic N) is 2. The van der Waals surface area contributed by atoms with Gasteiger partial charge in [0.25, 0.3) is 0 Å². The first kappa shape index (κ1) is 17.9. The van der Waals surface area contributed by atoms with Gasteiger partial charge in [-0.25, -0.2) is 9.78 Å². The summed E-state index contributed by atoms with van der Waals surface area (Å²) in [6, 6.07) is 4.86. The molecule has 1 aromatic heterocycles. The Morgan fingerprint density at radius 3 is 2.85 bits per heavy atom. The minimum Gasteiger partial charge on any atom is -0.457 e. The monoisotopic (exact) mass is 367 g/mol. The lowest BCUT2D eigenvalue weighted by Gasteiger charge is -2.14. The topological polar surface area (TPSA) is 102 Å². The summed E-state index contributed by atoms with van der Waals surface area (Å²) in [7, 11) is 0. The molecule has 2 heterocycles. The van der Waals surface area contributed by atoms with Crippen molar-refractivity contribution in [2.24, 2.45) is 5.73 Å². The van der Waals surface area contributed by atoms with Crippen molar-refractivity contribution < 1.29 is 22.7 Å². The number of halogens is 3. The van der Waals surface area contributed by atoms with Crippen LogP contribution in [0.1, 0.15) is 27.9 Å². The van der Waals surface area contributed by atoms with E-state index in [9.17, 15) is 18.0 Å². The maximum atomic E-state index is 13.1. The van der Waals surface area contributed by atoms with Gasteiger partial charge in [0.15, 0.2) is 0 Å². The molecule has 0 spiro atoms. The molecule has 0 saturated heterocycles. The van der Waals surface area contributed by atoms with Crippen molar-refractivity contribution in [2.45, 2.75) is 19.2 Å². The van der Waals surface area contributed by atoms with E-state index in [1.54, 1.807) is 18.2 Å². The molecule has 0 radical (unpaired) electrons. The standard InChI is InChI=1S/C16H16F3N5O2/c17-16(18,19)12-7-22-15(24-13(12)21-5-1-4-20)23-10-2-3-11-9(6-10)8-26-14(11)25/h2-3,6-7H,1,4-5,8,20H2,(H2,21,22,23,24). The highest BCUT2D eigenvalue weighted by Gasteiger charge is 2.35. The number of anilines is 3. The van der Waals surface area contributed by atoms with Gasteiger partial charge >= 0.3 is 12.1 Å². The average molecular weight is 367 g/mol. The van der Waals surface area contributed by atoms with E-state index in [0.717, 1.165) is 6.20 Å². The zero-order valence-corrected chi connectivity index (χ0v) is 13.6. The molecule has 4 N–H and O–H groups in total. The zero-order chi connectivity index (χ0) is 18.7. The predicted molar refractivity (Wildman–Crippen MR) is 88.0 cm³/mol. The number of alkyl halides is 3. The Kier molecular flexibility index (Phi) is 4.94. The summed E-state index contributed by atoms with van der Waals surface area (Å²) in [5.74, 6) is -0.717. The number of fused-ring (bicyclic) bond motifs is 1. The fourth-order valence-electron chi connectivity index (χ4n) is 2.43. The van der Waals surface area contributed by atoms with E-state index < -0.39 is 17.7 Å². The van der Waals surface area contributed by atoms with Crippen LogP contribution >= 0.6 is 0 Å². The lowest BCUT2D eigenvalue weighted by Crippen LogP contribution is -2.16. The van der Waals surface area contributed by atoms with Crippen molar-refractivity contribution in [3.8, 4) is 0 Å². The van der Waals surface area contributed by atoms with Gasteiger partial charge in [-0.2, -0.15) is 18.2 Å². The number of nitrogens with one attached hydrogen (secondary N) is 2. The highest BCUT2D eigenvalue weighted by molar-refractivity contribution is 5.94. The maximum Gasteiger partial charge on any atom is 0.421 e. The second kappa shape index (κ2) is 7.16. The number of esters is 1. The van der Waals surface area contributed by atoms with E-state index in [-0.39, 0.29) is 24.9 Å². The molecule has 0 bridgehead atoms. The number of ether oxygens (including phenoxy) is 1. The number of nitrogens with two attached hydrogens (primary N) is 1. The van der Waals surface area contributed by atoms with Crippen LogP contribution in [0.3, 0.4) is 0 Å². The Morgan fingerprint density at radius 2 is 2.12 bits per heavy atom. The number of rotatable bonds is 6. The number of carbonyl (C=O) groups is 1.